The van der Waals surface area contributed by atoms with Crippen LogP contribution in [0.2, 0.25) is 0 Å². The van der Waals surface area contributed by atoms with Crippen LogP contribution in [0.4, 0.5) is 0 Å². The van der Waals surface area contributed by atoms with Gasteiger partial charge in [0.15, 0.2) is 0 Å². The van der Waals surface area contributed by atoms with Gasteiger partial charge in [-0.05, 0) is 16.1 Å². The third-order valence-electron chi connectivity index (χ3n) is 1.23. The van der Waals surface area contributed by atoms with E-state index in [1.807, 2.05) is 0 Å². The van der Waals surface area contributed by atoms with E-state index < -0.39 is 9.84 Å². The highest BCUT2D eigenvalue weighted by molar-refractivity contribution is 14.1. The quantitative estimate of drug-likeness (QED) is 0.584. The Labute approximate surface area is 85.0 Å². The number of halogens is 1. The van der Waals surface area contributed by atoms with Crippen LogP contribution < -0.4 is 0 Å². The minimum Gasteiger partial charge on any atom is -0.210 e. The van der Waals surface area contributed by atoms with Gasteiger partial charge in [-0.1, -0.05) is 18.2 Å². The van der Waals surface area contributed by atoms with Crippen molar-refractivity contribution in [2.24, 2.45) is 0 Å². The summed E-state index contributed by atoms with van der Waals surface area (Å²) < 4.78 is 24.8. The van der Waals surface area contributed by atoms with E-state index in [-0.39, 0.29) is 4.90 Å². The van der Waals surface area contributed by atoms with Gasteiger partial charge in [0.05, 0.1) is 4.90 Å². The topological polar surface area (TPSA) is 34.1 Å². The maximum Gasteiger partial charge on any atom is 0.245 e. The monoisotopic (exact) mass is 292 g/mol. The van der Waals surface area contributed by atoms with E-state index in [1.54, 1.807) is 40.8 Å². The van der Waals surface area contributed by atoms with Crippen molar-refractivity contribution in [2.75, 3.05) is 0 Å². The van der Waals surface area contributed by atoms with Crippen LogP contribution in [0.25, 0.3) is 0 Å². The third-order valence-corrected chi connectivity index (χ3v) is 3.13. The Kier molecular flexibility index (Phi) is 3.12. The molecule has 0 saturated heterocycles. The largest absolute Gasteiger partial charge is 0.245 e. The van der Waals surface area contributed by atoms with Crippen molar-refractivity contribution in [3.63, 3.8) is 0 Å². The van der Waals surface area contributed by atoms with Crippen molar-refractivity contribution in [3.05, 3.63) is 30.3 Å². The summed E-state index contributed by atoms with van der Waals surface area (Å²) in [5, 5.41) is 2.15. The van der Waals surface area contributed by atoms with Gasteiger partial charge in [0, 0.05) is 27.8 Å². The minimum atomic E-state index is -3.38. The lowest BCUT2D eigenvalue weighted by molar-refractivity contribution is 0.606. The summed E-state index contributed by atoms with van der Waals surface area (Å²) in [4.78, 5) is 0.245. The molecule has 0 unspecified atom stereocenters. The highest BCUT2D eigenvalue weighted by Crippen LogP contribution is 2.08. The van der Waals surface area contributed by atoms with E-state index in [0.29, 0.717) is 0 Å². The van der Waals surface area contributed by atoms with E-state index in [0.717, 1.165) is 0 Å². The molecule has 0 fully saturated rings. The number of hydrogen-bond acceptors (Lipinski definition) is 2. The predicted octanol–water partition coefficient (Wildman–Crippen LogP) is 1.81. The van der Waals surface area contributed by atoms with Crippen LogP contribution in [0.15, 0.2) is 35.2 Å². The predicted molar refractivity (Wildman–Crippen MR) is 55.4 cm³/mol. The van der Waals surface area contributed by atoms with Gasteiger partial charge >= 0.3 is 0 Å². The standard InChI is InChI=1S/C8H5IO2S/c9-6-7-12(10,11)8-4-2-1-3-5-8/h1-5H. The van der Waals surface area contributed by atoms with E-state index in [2.05, 4.69) is 9.18 Å². The van der Waals surface area contributed by atoms with Gasteiger partial charge in [0.25, 0.3) is 0 Å². The lowest BCUT2D eigenvalue weighted by Gasteiger charge is -1.93. The smallest absolute Gasteiger partial charge is 0.210 e. The van der Waals surface area contributed by atoms with E-state index in [4.69, 9.17) is 0 Å². The van der Waals surface area contributed by atoms with Crippen LogP contribution >= 0.6 is 22.6 Å². The summed E-state index contributed by atoms with van der Waals surface area (Å²) in [6, 6.07) is 8.15. The van der Waals surface area contributed by atoms with Gasteiger partial charge in [0.1, 0.15) is 0 Å². The van der Waals surface area contributed by atoms with Crippen molar-refractivity contribution in [1.82, 2.24) is 0 Å². The van der Waals surface area contributed by atoms with Crippen molar-refractivity contribution < 1.29 is 8.42 Å². The SMILES string of the molecule is O=S(=O)(C#CI)c1ccccc1. The molecule has 62 valence electrons. The van der Waals surface area contributed by atoms with Gasteiger partial charge in [0.2, 0.25) is 9.84 Å². The molecule has 0 heterocycles. The van der Waals surface area contributed by atoms with E-state index >= 15 is 0 Å². The maximum atomic E-state index is 11.3. The number of hydrogen-bond donors (Lipinski definition) is 0. The molecule has 1 rings (SSSR count). The van der Waals surface area contributed by atoms with Crippen molar-refractivity contribution in [1.29, 1.82) is 0 Å². The van der Waals surface area contributed by atoms with Crippen molar-refractivity contribution >= 4 is 32.4 Å². The Morgan fingerprint density at radius 2 is 1.75 bits per heavy atom. The molecule has 0 bridgehead atoms. The van der Waals surface area contributed by atoms with Crippen LogP contribution in [0.3, 0.4) is 0 Å². The Balaban J connectivity index is 3.22. The summed E-state index contributed by atoms with van der Waals surface area (Å²) in [6.45, 7) is 0. The van der Waals surface area contributed by atoms with Crippen molar-refractivity contribution in [3.8, 4) is 9.18 Å². The van der Waals surface area contributed by atoms with Crippen LogP contribution in [-0.4, -0.2) is 8.42 Å². The summed E-state index contributed by atoms with van der Waals surface area (Å²) in [7, 11) is -3.38. The fraction of sp³-hybridized carbons (Fsp3) is 0. The van der Waals surface area contributed by atoms with Gasteiger partial charge in [-0.15, -0.1) is 0 Å². The molecule has 0 N–H and O–H groups in total. The van der Waals surface area contributed by atoms with E-state index in [1.165, 1.54) is 12.1 Å². The first-order chi connectivity index (χ1) is 5.67. The first kappa shape index (κ1) is 9.55. The molecule has 0 saturated carbocycles. The van der Waals surface area contributed by atoms with Gasteiger partial charge < -0.3 is 0 Å². The summed E-state index contributed by atoms with van der Waals surface area (Å²) in [5.41, 5.74) is 0. The number of rotatable bonds is 1. The molecule has 0 aliphatic carbocycles. The van der Waals surface area contributed by atoms with Crippen LogP contribution in [0, 0.1) is 9.18 Å². The first-order valence-corrected chi connectivity index (χ1v) is 5.65. The number of benzene rings is 1. The Morgan fingerprint density at radius 3 is 2.25 bits per heavy atom. The lowest BCUT2D eigenvalue weighted by atomic mass is 10.4. The van der Waals surface area contributed by atoms with Gasteiger partial charge in [-0.2, -0.15) is 0 Å². The van der Waals surface area contributed by atoms with Gasteiger partial charge in [-0.25, -0.2) is 8.42 Å². The molecule has 12 heavy (non-hydrogen) atoms. The summed E-state index contributed by atoms with van der Waals surface area (Å²) in [5.74, 6) is 0. The summed E-state index contributed by atoms with van der Waals surface area (Å²) in [6.07, 6.45) is 0. The second kappa shape index (κ2) is 3.92. The molecule has 2 nitrogen and oxygen atoms in total. The second-order valence-corrected chi connectivity index (χ2v) is 4.23. The zero-order chi connectivity index (χ0) is 9.03. The fourth-order valence-corrected chi connectivity index (χ4v) is 2.31. The summed E-state index contributed by atoms with van der Waals surface area (Å²) >= 11 is 1.70. The molecule has 0 radical (unpaired) electrons. The van der Waals surface area contributed by atoms with Crippen LogP contribution in [-0.2, 0) is 9.84 Å². The normalized spacial score (nSPS) is 10.1. The van der Waals surface area contributed by atoms with Crippen LogP contribution in [0.5, 0.6) is 0 Å². The molecular formula is C8H5IO2S. The molecule has 1 aromatic carbocycles. The molecule has 4 heteroatoms. The van der Waals surface area contributed by atoms with Gasteiger partial charge in [-0.3, -0.25) is 0 Å². The average molecular weight is 292 g/mol. The third kappa shape index (κ3) is 2.22. The Bertz CT molecular complexity index is 411. The molecule has 0 aromatic heterocycles. The average Bonchev–Trinajstić information content (AvgIpc) is 2.06. The molecule has 1 aromatic rings. The molecule has 0 amide bonds. The Hall–Kier alpha value is -0.540. The second-order valence-electron chi connectivity index (χ2n) is 2.01. The first-order valence-electron chi connectivity index (χ1n) is 3.09. The fourth-order valence-electron chi connectivity index (χ4n) is 0.709. The molecule has 0 atom stereocenters. The Morgan fingerprint density at radius 1 is 1.17 bits per heavy atom. The number of sulfone groups is 1. The molecule has 0 spiro atoms. The highest BCUT2D eigenvalue weighted by atomic mass is 127. The van der Waals surface area contributed by atoms with Crippen LogP contribution in [0.1, 0.15) is 0 Å². The molecule has 0 aliphatic heterocycles. The van der Waals surface area contributed by atoms with E-state index in [9.17, 15) is 8.42 Å². The zero-order valence-corrected chi connectivity index (χ0v) is 8.96. The van der Waals surface area contributed by atoms with Crippen molar-refractivity contribution in [2.45, 2.75) is 4.90 Å². The molecular weight excluding hydrogens is 287 g/mol. The minimum absolute atomic E-state index is 0.245. The zero-order valence-electron chi connectivity index (χ0n) is 5.99. The highest BCUT2D eigenvalue weighted by Gasteiger charge is 2.08. The molecule has 0 aliphatic rings. The maximum absolute atomic E-state index is 11.3. The lowest BCUT2D eigenvalue weighted by Crippen LogP contribution is -1.95.